The summed E-state index contributed by atoms with van der Waals surface area (Å²) in [6.07, 6.45) is 1.71. The summed E-state index contributed by atoms with van der Waals surface area (Å²) in [6.45, 7) is 8.63. The molecule has 3 saturated heterocycles. The van der Waals surface area contributed by atoms with Crippen molar-refractivity contribution in [2.45, 2.75) is 51.3 Å². The summed E-state index contributed by atoms with van der Waals surface area (Å²) in [5.41, 5.74) is 1.16. The highest BCUT2D eigenvalue weighted by atomic mass is 16.7. The maximum atomic E-state index is 12.6. The van der Waals surface area contributed by atoms with Crippen molar-refractivity contribution in [1.82, 2.24) is 20.2 Å². The largest absolute Gasteiger partial charge is 0.468 e. The first-order valence-corrected chi connectivity index (χ1v) is 13.2. The third-order valence-corrected chi connectivity index (χ3v) is 7.47. The van der Waals surface area contributed by atoms with Crippen LogP contribution in [0.15, 0.2) is 24.3 Å². The monoisotopic (exact) mass is 530 g/mol. The Bertz CT molecular complexity index is 1010. The Hall–Kier alpha value is -3.22. The topological polar surface area (TPSA) is 128 Å². The SMILES string of the molecule is COC(=O)C(C)N1CCN(CC2CN(c3ccc(C(=N)NC(=O)ON4CCCCC4C)cc3)C(=O)O2)CC1. The molecule has 1 aromatic carbocycles. The summed E-state index contributed by atoms with van der Waals surface area (Å²) in [6, 6.07) is 6.73. The first-order valence-electron chi connectivity index (χ1n) is 13.2. The first-order chi connectivity index (χ1) is 18.2. The van der Waals surface area contributed by atoms with Gasteiger partial charge in [-0.1, -0.05) is 6.42 Å². The molecule has 208 valence electrons. The molecule has 3 fully saturated rings. The molecule has 0 bridgehead atoms. The van der Waals surface area contributed by atoms with Crippen LogP contribution in [0.4, 0.5) is 15.3 Å². The minimum absolute atomic E-state index is 0.0752. The van der Waals surface area contributed by atoms with Crippen LogP contribution in [-0.2, 0) is 19.1 Å². The number of rotatable bonds is 7. The molecular weight excluding hydrogens is 492 g/mol. The summed E-state index contributed by atoms with van der Waals surface area (Å²) in [4.78, 5) is 47.9. The molecule has 4 rings (SSSR count). The lowest BCUT2D eigenvalue weighted by molar-refractivity contribution is -0.147. The number of carbonyl (C=O) groups excluding carboxylic acids is 3. The third kappa shape index (κ3) is 6.80. The Balaban J connectivity index is 1.24. The summed E-state index contributed by atoms with van der Waals surface area (Å²) >= 11 is 0. The highest BCUT2D eigenvalue weighted by Crippen LogP contribution is 2.23. The van der Waals surface area contributed by atoms with E-state index in [9.17, 15) is 14.4 Å². The molecule has 2 N–H and O–H groups in total. The molecule has 2 amide bonds. The number of piperazine rings is 1. The fraction of sp³-hybridized carbons (Fsp3) is 0.615. The van der Waals surface area contributed by atoms with Gasteiger partial charge >= 0.3 is 18.2 Å². The van der Waals surface area contributed by atoms with E-state index in [4.69, 9.17) is 19.7 Å². The molecule has 3 aliphatic rings. The molecule has 3 unspecified atom stereocenters. The number of cyclic esters (lactones) is 1. The van der Waals surface area contributed by atoms with E-state index in [-0.39, 0.29) is 30.0 Å². The smallest absolute Gasteiger partial charge is 0.431 e. The fourth-order valence-corrected chi connectivity index (χ4v) is 5.09. The van der Waals surface area contributed by atoms with Gasteiger partial charge in [-0.15, -0.1) is 5.06 Å². The van der Waals surface area contributed by atoms with Crippen molar-refractivity contribution in [3.8, 4) is 0 Å². The van der Waals surface area contributed by atoms with Crippen molar-refractivity contribution >= 4 is 29.7 Å². The lowest BCUT2D eigenvalue weighted by Gasteiger charge is -2.37. The van der Waals surface area contributed by atoms with Crippen molar-refractivity contribution in [2.75, 3.05) is 57.8 Å². The number of piperidine rings is 1. The second-order valence-corrected chi connectivity index (χ2v) is 10.1. The van der Waals surface area contributed by atoms with E-state index < -0.39 is 12.2 Å². The van der Waals surface area contributed by atoms with E-state index in [1.807, 2.05) is 13.8 Å². The number of carbonyl (C=O) groups is 3. The van der Waals surface area contributed by atoms with E-state index in [0.29, 0.717) is 30.9 Å². The highest BCUT2D eigenvalue weighted by molar-refractivity contribution is 6.04. The van der Waals surface area contributed by atoms with Gasteiger partial charge in [0.05, 0.1) is 13.7 Å². The van der Waals surface area contributed by atoms with Gasteiger partial charge in [0.25, 0.3) is 0 Å². The Morgan fingerprint density at radius 3 is 2.50 bits per heavy atom. The van der Waals surface area contributed by atoms with Crippen molar-refractivity contribution in [2.24, 2.45) is 0 Å². The number of methoxy groups -OCH3 is 1. The summed E-state index contributed by atoms with van der Waals surface area (Å²) in [7, 11) is 1.40. The van der Waals surface area contributed by atoms with Gasteiger partial charge < -0.3 is 14.3 Å². The predicted molar refractivity (Wildman–Crippen MR) is 140 cm³/mol. The molecule has 3 heterocycles. The van der Waals surface area contributed by atoms with Gasteiger partial charge in [-0.2, -0.15) is 0 Å². The number of ether oxygens (including phenoxy) is 2. The highest BCUT2D eigenvalue weighted by Gasteiger charge is 2.35. The molecule has 3 aliphatic heterocycles. The van der Waals surface area contributed by atoms with Crippen LogP contribution < -0.4 is 10.2 Å². The molecule has 0 spiro atoms. The molecule has 12 heteroatoms. The lowest BCUT2D eigenvalue weighted by Crippen LogP contribution is -2.53. The van der Waals surface area contributed by atoms with Crippen molar-refractivity contribution in [3.05, 3.63) is 29.8 Å². The normalized spacial score (nSPS) is 24.0. The standard InChI is InChI=1S/C26H38N6O6/c1-18-6-4-5-11-32(18)38-25(34)28-23(27)20-7-9-21(10-8-20)31-17-22(37-26(31)35)16-29-12-14-30(15-13-29)19(2)24(33)36-3/h7-10,18-19,22H,4-6,11-17H2,1-3H3,(H2,27,28,34). The molecule has 0 radical (unpaired) electrons. The first kappa shape index (κ1) is 27.8. The van der Waals surface area contributed by atoms with E-state index in [0.717, 1.165) is 45.4 Å². The average Bonchev–Trinajstić information content (AvgIpc) is 3.29. The molecule has 12 nitrogen and oxygen atoms in total. The minimum atomic E-state index is -0.681. The van der Waals surface area contributed by atoms with Gasteiger partial charge in [0.15, 0.2) is 0 Å². The molecular formula is C26H38N6O6. The number of nitrogens with one attached hydrogen (secondary N) is 2. The maximum Gasteiger partial charge on any atom is 0.431 e. The number of amidine groups is 1. The molecule has 0 aromatic heterocycles. The van der Waals surface area contributed by atoms with Crippen LogP contribution in [0, 0.1) is 5.41 Å². The van der Waals surface area contributed by atoms with Crippen LogP contribution in [0.25, 0.3) is 0 Å². The number of hydroxylamine groups is 2. The number of esters is 1. The van der Waals surface area contributed by atoms with Gasteiger partial charge in [-0.3, -0.25) is 30.2 Å². The van der Waals surface area contributed by atoms with Gasteiger partial charge in [0, 0.05) is 56.6 Å². The average molecular weight is 531 g/mol. The number of nitrogens with zero attached hydrogens (tertiary/aromatic N) is 4. The van der Waals surface area contributed by atoms with Crippen LogP contribution in [0.1, 0.15) is 38.7 Å². The zero-order chi connectivity index (χ0) is 27.2. The lowest BCUT2D eigenvalue weighted by atomic mass is 10.1. The van der Waals surface area contributed by atoms with Gasteiger partial charge in [0.1, 0.15) is 18.0 Å². The second-order valence-electron chi connectivity index (χ2n) is 10.1. The summed E-state index contributed by atoms with van der Waals surface area (Å²) in [5.74, 6) is -0.309. The maximum absolute atomic E-state index is 12.6. The molecule has 0 aliphatic carbocycles. The third-order valence-electron chi connectivity index (χ3n) is 7.47. The number of benzene rings is 1. The molecule has 1 aromatic rings. The van der Waals surface area contributed by atoms with Crippen molar-refractivity contribution in [1.29, 1.82) is 5.41 Å². The van der Waals surface area contributed by atoms with Crippen molar-refractivity contribution < 1.29 is 28.7 Å². The molecule has 3 atom stereocenters. The Kier molecular flexibility index (Phi) is 9.18. The number of hydrogen-bond acceptors (Lipinski definition) is 10. The number of amides is 2. The van der Waals surface area contributed by atoms with Crippen LogP contribution in [0.3, 0.4) is 0 Å². The van der Waals surface area contributed by atoms with Gasteiger partial charge in [-0.25, -0.2) is 9.59 Å². The van der Waals surface area contributed by atoms with Crippen molar-refractivity contribution in [3.63, 3.8) is 0 Å². The number of anilines is 1. The van der Waals surface area contributed by atoms with Gasteiger partial charge in [-0.05, 0) is 51.0 Å². The minimum Gasteiger partial charge on any atom is -0.468 e. The Morgan fingerprint density at radius 2 is 1.84 bits per heavy atom. The summed E-state index contributed by atoms with van der Waals surface area (Å²) < 4.78 is 10.4. The Labute approximate surface area is 223 Å². The van der Waals surface area contributed by atoms with Gasteiger partial charge in [0.2, 0.25) is 0 Å². The van der Waals surface area contributed by atoms with E-state index >= 15 is 0 Å². The van der Waals surface area contributed by atoms with E-state index in [1.165, 1.54) is 7.11 Å². The van der Waals surface area contributed by atoms with Crippen LogP contribution >= 0.6 is 0 Å². The van der Waals surface area contributed by atoms with Crippen LogP contribution in [-0.4, -0.2) is 110 Å². The van der Waals surface area contributed by atoms with Crippen LogP contribution in [0.2, 0.25) is 0 Å². The van der Waals surface area contributed by atoms with E-state index in [2.05, 4.69) is 15.1 Å². The molecule has 0 saturated carbocycles. The number of hydrogen-bond donors (Lipinski definition) is 2. The predicted octanol–water partition coefficient (Wildman–Crippen LogP) is 2.03. The fourth-order valence-electron chi connectivity index (χ4n) is 5.09. The quantitative estimate of drug-likeness (QED) is 0.309. The van der Waals surface area contributed by atoms with E-state index in [1.54, 1.807) is 34.2 Å². The van der Waals surface area contributed by atoms with Crippen LogP contribution in [0.5, 0.6) is 0 Å². The molecule has 38 heavy (non-hydrogen) atoms. The summed E-state index contributed by atoms with van der Waals surface area (Å²) in [5, 5.41) is 12.4. The zero-order valence-electron chi connectivity index (χ0n) is 22.4. The Morgan fingerprint density at radius 1 is 1.13 bits per heavy atom. The second kappa shape index (κ2) is 12.5. The zero-order valence-corrected chi connectivity index (χ0v) is 22.4.